The van der Waals surface area contributed by atoms with Crippen molar-refractivity contribution in [3.63, 3.8) is 0 Å². The van der Waals surface area contributed by atoms with Crippen molar-refractivity contribution in [2.24, 2.45) is 0 Å². The fraction of sp³-hybridized carbons (Fsp3) is 0.718. The number of hydrogen-bond acceptors (Lipinski definition) is 14. The first-order valence-corrected chi connectivity index (χ1v) is 19.0. The van der Waals surface area contributed by atoms with E-state index in [0.717, 1.165) is 5.56 Å². The Balaban J connectivity index is 2.13. The molecule has 312 valence electrons. The fourth-order valence-electron chi connectivity index (χ4n) is 5.49. The summed E-state index contributed by atoms with van der Waals surface area (Å²) < 4.78 is 22.0. The van der Waals surface area contributed by atoms with Gasteiger partial charge in [0, 0.05) is 65.4 Å². The van der Waals surface area contributed by atoms with Crippen LogP contribution in [0.25, 0.3) is 0 Å². The number of rotatable bonds is 14. The first-order valence-electron chi connectivity index (χ1n) is 19.0. The summed E-state index contributed by atoms with van der Waals surface area (Å²) in [6, 6.07) is 9.16. The normalized spacial score (nSPS) is 16.8. The highest BCUT2D eigenvalue weighted by atomic mass is 16.6. The third-order valence-corrected chi connectivity index (χ3v) is 7.86. The molecule has 1 aromatic rings. The van der Waals surface area contributed by atoms with Gasteiger partial charge in [0.05, 0.1) is 32.3 Å². The second-order valence-corrected chi connectivity index (χ2v) is 16.8. The van der Waals surface area contributed by atoms with Gasteiger partial charge in [0.2, 0.25) is 5.91 Å². The number of carbonyl (C=O) groups excluding carboxylic acids is 5. The van der Waals surface area contributed by atoms with Crippen LogP contribution in [0.4, 0.5) is 4.79 Å². The molecular weight excluding hydrogens is 712 g/mol. The van der Waals surface area contributed by atoms with Crippen LogP contribution in [0, 0.1) is 0 Å². The summed E-state index contributed by atoms with van der Waals surface area (Å²) in [5.41, 5.74) is -1.17. The van der Waals surface area contributed by atoms with E-state index in [2.05, 4.69) is 10.6 Å². The number of ether oxygens (including phenoxy) is 4. The molecule has 1 aliphatic heterocycles. The zero-order valence-electron chi connectivity index (χ0n) is 34.5. The Kier molecular flexibility index (Phi) is 19.5. The highest BCUT2D eigenvalue weighted by Crippen LogP contribution is 2.12. The van der Waals surface area contributed by atoms with Crippen LogP contribution < -0.4 is 10.6 Å². The van der Waals surface area contributed by atoms with Crippen molar-refractivity contribution in [3.8, 4) is 0 Å². The van der Waals surface area contributed by atoms with E-state index in [1.165, 1.54) is 0 Å². The minimum atomic E-state index is -0.968. The maximum atomic E-state index is 12.9. The molecule has 0 spiro atoms. The molecule has 1 atom stereocenters. The van der Waals surface area contributed by atoms with Crippen molar-refractivity contribution in [3.05, 3.63) is 35.9 Å². The van der Waals surface area contributed by atoms with E-state index in [0.29, 0.717) is 52.4 Å². The second kappa shape index (κ2) is 22.7. The van der Waals surface area contributed by atoms with Gasteiger partial charge in [-0.15, -0.1) is 0 Å². The van der Waals surface area contributed by atoms with Crippen LogP contribution in [0.15, 0.2) is 30.3 Å². The minimum absolute atomic E-state index is 0.0234. The first kappa shape index (κ1) is 47.3. The molecule has 1 aromatic carbocycles. The predicted octanol–water partition coefficient (Wildman–Crippen LogP) is 1.64. The van der Waals surface area contributed by atoms with Gasteiger partial charge in [0.1, 0.15) is 23.4 Å². The van der Waals surface area contributed by atoms with E-state index in [1.54, 1.807) is 0 Å². The summed E-state index contributed by atoms with van der Waals surface area (Å²) in [5.74, 6) is -1.63. The van der Waals surface area contributed by atoms with Crippen LogP contribution in [-0.4, -0.2) is 169 Å². The summed E-state index contributed by atoms with van der Waals surface area (Å²) in [5, 5.41) is 16.1. The molecule has 1 saturated heterocycles. The van der Waals surface area contributed by atoms with Crippen molar-refractivity contribution in [1.82, 2.24) is 30.2 Å². The Morgan fingerprint density at radius 3 is 1.38 bits per heavy atom. The molecule has 1 aliphatic rings. The summed E-state index contributed by atoms with van der Waals surface area (Å²) >= 11 is 0. The summed E-state index contributed by atoms with van der Waals surface area (Å²) in [6.07, 6.45) is -1.71. The average molecular weight is 779 g/mol. The topological polar surface area (TPSA) is 180 Å². The molecular formula is C39H66N6O10. The van der Waals surface area contributed by atoms with Crippen LogP contribution >= 0.6 is 0 Å². The van der Waals surface area contributed by atoms with Crippen LogP contribution in [0.3, 0.4) is 0 Å². The molecule has 1 fully saturated rings. The number of alkyl carbamates (subject to hydrolysis) is 1. The predicted molar refractivity (Wildman–Crippen MR) is 207 cm³/mol. The van der Waals surface area contributed by atoms with Crippen LogP contribution in [0.2, 0.25) is 0 Å². The monoisotopic (exact) mass is 778 g/mol. The quantitative estimate of drug-likeness (QED) is 0.183. The zero-order valence-corrected chi connectivity index (χ0v) is 34.5. The van der Waals surface area contributed by atoms with E-state index in [1.807, 2.05) is 112 Å². The highest BCUT2D eigenvalue weighted by molar-refractivity contribution is 5.82. The molecule has 0 radical (unpaired) electrons. The molecule has 0 bridgehead atoms. The number of carbonyl (C=O) groups is 5. The van der Waals surface area contributed by atoms with Gasteiger partial charge >= 0.3 is 24.0 Å². The van der Waals surface area contributed by atoms with Crippen molar-refractivity contribution < 1.29 is 48.0 Å². The molecule has 1 unspecified atom stereocenters. The van der Waals surface area contributed by atoms with Gasteiger partial charge in [0.15, 0.2) is 0 Å². The maximum absolute atomic E-state index is 12.9. The Bertz CT molecular complexity index is 1310. The SMILES string of the molecule is CC(C)(C)OC(=O)CN1CCN(CC(=O)OC(C)(C)C)CCN(CC(O)CNC(=O)CNC(=O)OCc2ccccc2)CCN(CC(=O)OC(C)(C)C)CC1. The van der Waals surface area contributed by atoms with Crippen molar-refractivity contribution in [2.75, 3.05) is 91.6 Å². The lowest BCUT2D eigenvalue weighted by molar-refractivity contribution is -0.158. The van der Waals surface area contributed by atoms with E-state index in [-0.39, 0.29) is 63.8 Å². The number of aliphatic hydroxyl groups excluding tert-OH is 1. The molecule has 55 heavy (non-hydrogen) atoms. The van der Waals surface area contributed by atoms with Crippen molar-refractivity contribution >= 4 is 29.9 Å². The molecule has 2 amide bonds. The van der Waals surface area contributed by atoms with Gasteiger partial charge in [0.25, 0.3) is 0 Å². The lowest BCUT2D eigenvalue weighted by atomic mass is 10.2. The van der Waals surface area contributed by atoms with Gasteiger partial charge in [-0.05, 0) is 67.9 Å². The Labute approximate surface area is 327 Å². The molecule has 0 aromatic heterocycles. The number of aliphatic hydroxyl groups is 1. The lowest BCUT2D eigenvalue weighted by Crippen LogP contribution is -2.51. The van der Waals surface area contributed by atoms with Crippen molar-refractivity contribution in [1.29, 1.82) is 0 Å². The van der Waals surface area contributed by atoms with E-state index >= 15 is 0 Å². The largest absolute Gasteiger partial charge is 0.459 e. The van der Waals surface area contributed by atoms with Crippen LogP contribution in [-0.2, 0) is 44.7 Å². The van der Waals surface area contributed by atoms with Crippen LogP contribution in [0.5, 0.6) is 0 Å². The summed E-state index contributed by atoms with van der Waals surface area (Å²) in [7, 11) is 0. The van der Waals surface area contributed by atoms with Gasteiger partial charge in [-0.2, -0.15) is 0 Å². The smallest absolute Gasteiger partial charge is 0.407 e. The number of hydrogen-bond donors (Lipinski definition) is 3. The molecule has 2 rings (SSSR count). The minimum Gasteiger partial charge on any atom is -0.459 e. The van der Waals surface area contributed by atoms with E-state index in [4.69, 9.17) is 18.9 Å². The number of β-amino-alcohol motifs (C(OH)–C–C–N with tert-alkyl or cyclic N) is 1. The highest BCUT2D eigenvalue weighted by Gasteiger charge is 2.26. The third kappa shape index (κ3) is 23.6. The molecule has 16 heteroatoms. The van der Waals surface area contributed by atoms with Crippen LogP contribution in [0.1, 0.15) is 67.9 Å². The second-order valence-electron chi connectivity index (χ2n) is 16.8. The molecule has 0 saturated carbocycles. The number of benzene rings is 1. The summed E-state index contributed by atoms with van der Waals surface area (Å²) in [4.78, 5) is 71.2. The maximum Gasteiger partial charge on any atom is 0.407 e. The average Bonchev–Trinajstić information content (AvgIpc) is 3.04. The molecule has 3 N–H and O–H groups in total. The Hall–Kier alpha value is -3.83. The molecule has 0 aliphatic carbocycles. The standard InChI is InChI=1S/C39H66N6O10/c1-37(2,3)53-33(48)26-43-17-15-42(25-31(46)23-40-32(47)24-41-36(51)52-29-30-13-11-10-12-14-30)16-18-44(27-34(49)54-38(4,5)6)20-22-45(21-19-43)28-35(50)55-39(7,8)9/h10-14,31,46H,15-29H2,1-9H3,(H,40,47)(H,41,51). The number of amides is 2. The van der Waals surface area contributed by atoms with Gasteiger partial charge < -0.3 is 34.7 Å². The fourth-order valence-corrected chi connectivity index (χ4v) is 5.49. The number of nitrogens with one attached hydrogen (secondary N) is 2. The number of esters is 3. The van der Waals surface area contributed by atoms with Gasteiger partial charge in [-0.25, -0.2) is 4.79 Å². The Morgan fingerprint density at radius 2 is 1.00 bits per heavy atom. The van der Waals surface area contributed by atoms with Gasteiger partial charge in [-0.3, -0.25) is 38.8 Å². The summed E-state index contributed by atoms with van der Waals surface area (Å²) in [6.45, 7) is 19.7. The Morgan fingerprint density at radius 1 is 0.618 bits per heavy atom. The first-order chi connectivity index (χ1) is 25.5. The molecule has 16 nitrogen and oxygen atoms in total. The zero-order chi connectivity index (χ0) is 41.2. The van der Waals surface area contributed by atoms with Gasteiger partial charge in [-0.1, -0.05) is 30.3 Å². The lowest BCUT2D eigenvalue weighted by Gasteiger charge is -2.35. The third-order valence-electron chi connectivity index (χ3n) is 7.86. The van der Waals surface area contributed by atoms with E-state index < -0.39 is 34.9 Å². The molecule has 1 heterocycles. The number of nitrogens with zero attached hydrogens (tertiary/aromatic N) is 4. The van der Waals surface area contributed by atoms with E-state index in [9.17, 15) is 29.1 Å². The van der Waals surface area contributed by atoms with Crippen molar-refractivity contribution in [2.45, 2.75) is 91.8 Å².